The lowest BCUT2D eigenvalue weighted by Gasteiger charge is -2.62. The zero-order valence-corrected chi connectivity index (χ0v) is 12.1. The lowest BCUT2D eigenvalue weighted by molar-refractivity contribution is -0.352. The Labute approximate surface area is 109 Å². The fourth-order valence-electron chi connectivity index (χ4n) is 4.46. The normalized spacial score (nSPS) is 46.9. The van der Waals surface area contributed by atoms with E-state index >= 15 is 0 Å². The molecule has 2 atom stereocenters. The first-order chi connectivity index (χ1) is 8.22. The van der Waals surface area contributed by atoms with Crippen LogP contribution in [0.2, 0.25) is 0 Å². The molecule has 5 heteroatoms. The minimum absolute atomic E-state index is 0.158. The molecule has 4 rings (SSSR count). The topological polar surface area (TPSA) is 52.6 Å². The highest BCUT2D eigenvalue weighted by Gasteiger charge is 2.61. The van der Waals surface area contributed by atoms with Crippen LogP contribution in [0.25, 0.3) is 0 Å². The molecule has 0 aromatic heterocycles. The first kappa shape index (κ1) is 12.9. The summed E-state index contributed by atoms with van der Waals surface area (Å²) in [6.07, 6.45) is 5.95. The molecule has 104 valence electrons. The molecule has 2 aliphatic carbocycles. The van der Waals surface area contributed by atoms with Gasteiger partial charge >= 0.3 is 0 Å². The fraction of sp³-hybridized carbons (Fsp3) is 1.00. The molecular weight excluding hydrogens is 252 g/mol. The standard InChI is InChI=1S/C13H22O4S/c1-9(2)12-5-10-4-11(6-12)8-13(7-10,16-12)17-18(3,14)15/h9-11H,4-8H2,1-3H3/t10-,11-,12?,13?/m1/s1. The van der Waals surface area contributed by atoms with Gasteiger partial charge in [0.1, 0.15) is 0 Å². The van der Waals surface area contributed by atoms with E-state index in [1.54, 1.807) is 0 Å². The molecule has 2 saturated carbocycles. The van der Waals surface area contributed by atoms with Gasteiger partial charge in [0, 0.05) is 12.8 Å². The van der Waals surface area contributed by atoms with E-state index in [-0.39, 0.29) is 5.60 Å². The molecule has 2 heterocycles. The maximum absolute atomic E-state index is 11.5. The minimum Gasteiger partial charge on any atom is -0.342 e. The summed E-state index contributed by atoms with van der Waals surface area (Å²) >= 11 is 0. The summed E-state index contributed by atoms with van der Waals surface area (Å²) < 4.78 is 34.6. The van der Waals surface area contributed by atoms with Crippen molar-refractivity contribution in [2.75, 3.05) is 6.26 Å². The molecule has 0 spiro atoms. The summed E-state index contributed by atoms with van der Waals surface area (Å²) in [6.45, 7) is 4.34. The highest BCUT2D eigenvalue weighted by molar-refractivity contribution is 7.86. The molecule has 2 aliphatic heterocycles. The van der Waals surface area contributed by atoms with Gasteiger partial charge in [0.05, 0.1) is 11.9 Å². The number of hydrogen-bond donors (Lipinski definition) is 0. The maximum atomic E-state index is 11.5. The molecule has 4 aliphatic rings. The predicted molar refractivity (Wildman–Crippen MR) is 67.4 cm³/mol. The summed E-state index contributed by atoms with van der Waals surface area (Å²) in [5.74, 6) is 0.679. The maximum Gasteiger partial charge on any atom is 0.267 e. The Bertz CT molecular complexity index is 440. The van der Waals surface area contributed by atoms with Crippen LogP contribution >= 0.6 is 0 Å². The van der Waals surface area contributed by atoms with Gasteiger partial charge in [0.2, 0.25) is 0 Å². The van der Waals surface area contributed by atoms with Gasteiger partial charge in [-0.25, -0.2) is 4.18 Å². The lowest BCUT2D eigenvalue weighted by atomic mass is 9.58. The summed E-state index contributed by atoms with van der Waals surface area (Å²) in [7, 11) is -3.46. The largest absolute Gasteiger partial charge is 0.342 e. The van der Waals surface area contributed by atoms with Crippen molar-refractivity contribution in [3.05, 3.63) is 0 Å². The molecule has 0 aromatic rings. The third-order valence-corrected chi connectivity index (χ3v) is 5.49. The van der Waals surface area contributed by atoms with Crippen molar-refractivity contribution in [3.63, 3.8) is 0 Å². The van der Waals surface area contributed by atoms with Gasteiger partial charge in [-0.05, 0) is 37.0 Å². The molecule has 0 radical (unpaired) electrons. The molecule has 4 nitrogen and oxygen atoms in total. The second-order valence-corrected chi connectivity index (χ2v) is 8.38. The van der Waals surface area contributed by atoms with E-state index in [1.807, 2.05) is 0 Å². The van der Waals surface area contributed by atoms with Gasteiger partial charge in [-0.3, -0.25) is 0 Å². The monoisotopic (exact) mass is 274 g/mol. The van der Waals surface area contributed by atoms with Crippen LogP contribution in [0.5, 0.6) is 0 Å². The predicted octanol–water partition coefficient (Wildman–Crippen LogP) is 2.29. The highest BCUT2D eigenvalue weighted by atomic mass is 32.2. The molecular formula is C13H22O4S. The van der Waals surface area contributed by atoms with E-state index < -0.39 is 15.9 Å². The van der Waals surface area contributed by atoms with Crippen LogP contribution in [0.3, 0.4) is 0 Å². The molecule has 0 N–H and O–H groups in total. The van der Waals surface area contributed by atoms with Gasteiger partial charge in [0.15, 0.2) is 5.79 Å². The van der Waals surface area contributed by atoms with E-state index in [4.69, 9.17) is 8.92 Å². The Hall–Kier alpha value is -0.130. The lowest BCUT2D eigenvalue weighted by Crippen LogP contribution is -2.64. The number of ether oxygens (including phenoxy) is 1. The molecule has 0 aromatic carbocycles. The summed E-state index contributed by atoms with van der Waals surface area (Å²) in [4.78, 5) is 0. The van der Waals surface area contributed by atoms with Crippen molar-refractivity contribution in [1.29, 1.82) is 0 Å². The van der Waals surface area contributed by atoms with Gasteiger partial charge < -0.3 is 4.74 Å². The summed E-state index contributed by atoms with van der Waals surface area (Å²) in [5, 5.41) is 0. The Kier molecular flexibility index (Phi) is 2.65. The Balaban J connectivity index is 1.94. The average molecular weight is 274 g/mol. The second-order valence-electron chi connectivity index (χ2n) is 6.80. The van der Waals surface area contributed by atoms with E-state index in [0.29, 0.717) is 17.8 Å². The van der Waals surface area contributed by atoms with Crippen LogP contribution in [0.15, 0.2) is 0 Å². The quantitative estimate of drug-likeness (QED) is 0.741. The van der Waals surface area contributed by atoms with E-state index in [0.717, 1.165) is 31.9 Å². The van der Waals surface area contributed by atoms with Crippen LogP contribution < -0.4 is 0 Å². The molecule has 4 fully saturated rings. The van der Waals surface area contributed by atoms with Crippen LogP contribution in [-0.2, 0) is 19.0 Å². The summed E-state index contributed by atoms with van der Waals surface area (Å²) in [5.41, 5.74) is -0.158. The first-order valence-electron chi connectivity index (χ1n) is 6.83. The second kappa shape index (κ2) is 3.70. The van der Waals surface area contributed by atoms with E-state index in [2.05, 4.69) is 13.8 Å². The van der Waals surface area contributed by atoms with Crippen molar-refractivity contribution in [2.45, 2.75) is 57.3 Å². The minimum atomic E-state index is -3.46. The van der Waals surface area contributed by atoms with Crippen LogP contribution in [0.4, 0.5) is 0 Å². The molecule has 0 unspecified atom stereocenters. The van der Waals surface area contributed by atoms with Crippen LogP contribution in [0.1, 0.15) is 46.0 Å². The van der Waals surface area contributed by atoms with E-state index in [1.165, 1.54) is 6.42 Å². The summed E-state index contributed by atoms with van der Waals surface area (Å²) in [6, 6.07) is 0. The van der Waals surface area contributed by atoms with Crippen LogP contribution in [-0.4, -0.2) is 26.1 Å². The third-order valence-electron chi connectivity index (χ3n) is 4.88. The van der Waals surface area contributed by atoms with Gasteiger partial charge in [0.25, 0.3) is 10.1 Å². The Morgan fingerprint density at radius 2 is 1.72 bits per heavy atom. The highest BCUT2D eigenvalue weighted by Crippen LogP contribution is 2.60. The molecule has 0 amide bonds. The number of hydrogen-bond acceptors (Lipinski definition) is 4. The zero-order chi connectivity index (χ0) is 13.2. The first-order valence-corrected chi connectivity index (χ1v) is 8.64. The fourth-order valence-corrected chi connectivity index (χ4v) is 5.18. The molecule has 18 heavy (non-hydrogen) atoms. The van der Waals surface area contributed by atoms with Crippen molar-refractivity contribution >= 4 is 10.1 Å². The van der Waals surface area contributed by atoms with Gasteiger partial charge in [-0.2, -0.15) is 8.42 Å². The smallest absolute Gasteiger partial charge is 0.267 e. The van der Waals surface area contributed by atoms with Crippen LogP contribution in [0, 0.1) is 17.8 Å². The van der Waals surface area contributed by atoms with Crippen molar-refractivity contribution in [3.8, 4) is 0 Å². The third kappa shape index (κ3) is 2.00. The molecule has 4 bridgehead atoms. The van der Waals surface area contributed by atoms with Crippen molar-refractivity contribution in [2.24, 2.45) is 17.8 Å². The van der Waals surface area contributed by atoms with Crippen molar-refractivity contribution < 1.29 is 17.3 Å². The number of rotatable bonds is 3. The van der Waals surface area contributed by atoms with E-state index in [9.17, 15) is 8.42 Å². The SMILES string of the molecule is CC(C)C12C[C@H]3C[C@@H](CC(OS(C)(=O)=O)(C3)O1)C2. The van der Waals surface area contributed by atoms with Gasteiger partial charge in [-0.15, -0.1) is 0 Å². The Morgan fingerprint density at radius 1 is 1.17 bits per heavy atom. The zero-order valence-electron chi connectivity index (χ0n) is 11.3. The average Bonchev–Trinajstić information content (AvgIpc) is 2.10. The Morgan fingerprint density at radius 3 is 2.17 bits per heavy atom. The molecule has 2 saturated heterocycles. The van der Waals surface area contributed by atoms with Gasteiger partial charge in [-0.1, -0.05) is 13.8 Å². The van der Waals surface area contributed by atoms with Crippen molar-refractivity contribution in [1.82, 2.24) is 0 Å².